The van der Waals surface area contributed by atoms with Gasteiger partial charge in [-0.15, -0.1) is 0 Å². The molecule has 0 spiro atoms. The highest BCUT2D eigenvalue weighted by molar-refractivity contribution is 5.92. The minimum absolute atomic E-state index is 0.0255. The molecule has 7 nitrogen and oxygen atoms in total. The Morgan fingerprint density at radius 2 is 2.00 bits per heavy atom. The van der Waals surface area contributed by atoms with Gasteiger partial charge in [0.1, 0.15) is 5.82 Å². The Bertz CT molecular complexity index is 1050. The van der Waals surface area contributed by atoms with Gasteiger partial charge in [0.2, 0.25) is 5.91 Å². The van der Waals surface area contributed by atoms with Crippen molar-refractivity contribution >= 4 is 22.8 Å². The third kappa shape index (κ3) is 5.34. The van der Waals surface area contributed by atoms with E-state index in [1.165, 1.54) is 6.07 Å². The van der Waals surface area contributed by atoms with Gasteiger partial charge in [-0.2, -0.15) is 0 Å². The second-order valence-corrected chi connectivity index (χ2v) is 8.55. The minimum Gasteiger partial charge on any atom is -0.469 e. The Balaban J connectivity index is 1.81. The van der Waals surface area contributed by atoms with Crippen molar-refractivity contribution in [1.82, 2.24) is 14.7 Å². The van der Waals surface area contributed by atoms with Gasteiger partial charge < -0.3 is 19.1 Å². The van der Waals surface area contributed by atoms with Crippen LogP contribution in [0.2, 0.25) is 0 Å². The number of pyridine rings is 1. The number of ether oxygens (including phenoxy) is 1. The predicted octanol–water partition coefficient (Wildman–Crippen LogP) is 4.71. The van der Waals surface area contributed by atoms with E-state index < -0.39 is 13.0 Å². The van der Waals surface area contributed by atoms with E-state index in [0.717, 1.165) is 22.3 Å². The molecule has 0 saturated carbocycles. The van der Waals surface area contributed by atoms with Crippen molar-refractivity contribution in [3.05, 3.63) is 35.2 Å². The van der Waals surface area contributed by atoms with E-state index >= 15 is 0 Å². The first-order valence-electron chi connectivity index (χ1n) is 9.66. The molecule has 0 aliphatic carbocycles. The van der Waals surface area contributed by atoms with Crippen LogP contribution >= 0.6 is 0 Å². The molecule has 162 valence electrons. The van der Waals surface area contributed by atoms with Gasteiger partial charge in [-0.3, -0.25) is 4.79 Å². The van der Waals surface area contributed by atoms with Crippen molar-refractivity contribution in [2.45, 2.75) is 54.0 Å². The van der Waals surface area contributed by atoms with E-state index in [4.69, 9.17) is 9.26 Å². The maximum Gasteiger partial charge on any atom is 0.272 e. The molecule has 0 bridgehead atoms. The first kappa shape index (κ1) is 21.7. The first-order valence-corrected chi connectivity index (χ1v) is 9.66. The summed E-state index contributed by atoms with van der Waals surface area (Å²) in [7, 11) is 0. The topological polar surface area (TPSA) is 82.2 Å². The molecular weight excluding hydrogens is 394 g/mol. The lowest BCUT2D eigenvalue weighted by molar-refractivity contribution is -0.117. The molecule has 0 unspecified atom stereocenters. The Morgan fingerprint density at radius 1 is 1.27 bits per heavy atom. The van der Waals surface area contributed by atoms with Crippen molar-refractivity contribution in [1.29, 1.82) is 0 Å². The number of hydrogen-bond donors (Lipinski definition) is 1. The number of aromatic nitrogens is 3. The zero-order valence-corrected chi connectivity index (χ0v) is 17.8. The Morgan fingerprint density at radius 3 is 2.67 bits per heavy atom. The molecule has 0 aliphatic heterocycles. The Hall–Kier alpha value is -2.97. The fourth-order valence-corrected chi connectivity index (χ4v) is 3.14. The maximum atomic E-state index is 12.3. The lowest BCUT2D eigenvalue weighted by Gasteiger charge is -2.17. The molecule has 1 amide bonds. The minimum atomic E-state index is -2.58. The fraction of sp³-hybridized carbons (Fsp3) is 0.476. The third-order valence-electron chi connectivity index (χ3n) is 4.44. The van der Waals surface area contributed by atoms with Crippen LogP contribution in [0, 0.1) is 19.3 Å². The van der Waals surface area contributed by atoms with Gasteiger partial charge in [0.05, 0.1) is 17.6 Å². The predicted molar refractivity (Wildman–Crippen MR) is 109 cm³/mol. The molecule has 0 radical (unpaired) electrons. The van der Waals surface area contributed by atoms with Crippen molar-refractivity contribution in [3.63, 3.8) is 0 Å². The average Bonchev–Trinajstić information content (AvgIpc) is 3.17. The monoisotopic (exact) mass is 420 g/mol. The summed E-state index contributed by atoms with van der Waals surface area (Å²) >= 11 is 0. The van der Waals surface area contributed by atoms with E-state index in [2.05, 4.69) is 15.5 Å². The normalized spacial score (nSPS) is 12.0. The van der Waals surface area contributed by atoms with E-state index in [0.29, 0.717) is 24.5 Å². The Labute approximate surface area is 173 Å². The molecule has 30 heavy (non-hydrogen) atoms. The molecule has 3 heterocycles. The number of hydrogen-bond acceptors (Lipinski definition) is 5. The van der Waals surface area contributed by atoms with Crippen LogP contribution in [-0.4, -0.2) is 33.6 Å². The van der Waals surface area contributed by atoms with Crippen molar-refractivity contribution in [2.75, 3.05) is 11.9 Å². The number of aryl methyl sites for hydroxylation is 2. The number of carbonyl (C=O) groups excluding carboxylic acids is 1. The van der Waals surface area contributed by atoms with E-state index in [-0.39, 0.29) is 17.2 Å². The van der Waals surface area contributed by atoms with Crippen LogP contribution < -0.4 is 10.1 Å². The van der Waals surface area contributed by atoms with Gasteiger partial charge in [-0.05, 0) is 42.1 Å². The summed E-state index contributed by atoms with van der Waals surface area (Å²) in [5.74, 6) is 0.959. The summed E-state index contributed by atoms with van der Waals surface area (Å²) in [4.78, 5) is 16.9. The SMILES string of the molecule is Cc1cc2c(cc(C)n2Cc2cc(OCC(F)F)no2)nc1NC(=O)CC(C)(C)C. The number of halogens is 2. The number of carbonyl (C=O) groups is 1. The molecule has 3 aromatic heterocycles. The van der Waals surface area contributed by atoms with Gasteiger partial charge >= 0.3 is 0 Å². The van der Waals surface area contributed by atoms with Gasteiger partial charge in [-0.1, -0.05) is 20.8 Å². The van der Waals surface area contributed by atoms with Crippen LogP contribution in [0.1, 0.15) is 44.2 Å². The number of rotatable bonds is 7. The maximum absolute atomic E-state index is 12.3. The standard InChI is InChI=1S/C21H26F2N4O3/c1-12-6-16-15(24-20(12)25-18(28)9-21(3,4)5)7-13(2)27(16)10-14-8-19(26-30-14)29-11-17(22)23/h6-8,17H,9-11H2,1-5H3,(H,24,25,28). The number of anilines is 1. The highest BCUT2D eigenvalue weighted by atomic mass is 19.3. The second kappa shape index (κ2) is 8.41. The summed E-state index contributed by atoms with van der Waals surface area (Å²) < 4.78 is 36.6. The molecule has 1 N–H and O–H groups in total. The number of nitrogens with zero attached hydrogens (tertiary/aromatic N) is 3. The lowest BCUT2D eigenvalue weighted by Crippen LogP contribution is -2.20. The molecule has 0 fully saturated rings. The van der Waals surface area contributed by atoms with Gasteiger partial charge in [-0.25, -0.2) is 13.8 Å². The molecular formula is C21H26F2N4O3. The van der Waals surface area contributed by atoms with Crippen LogP contribution in [-0.2, 0) is 11.3 Å². The molecule has 3 rings (SSSR count). The summed E-state index contributed by atoms with van der Waals surface area (Å²) in [6.45, 7) is 9.45. The zero-order chi connectivity index (χ0) is 22.1. The molecule has 0 atom stereocenters. The second-order valence-electron chi connectivity index (χ2n) is 8.55. The average molecular weight is 420 g/mol. The molecule has 9 heteroatoms. The number of alkyl halides is 2. The van der Waals surface area contributed by atoms with E-state index in [1.54, 1.807) is 0 Å². The fourth-order valence-electron chi connectivity index (χ4n) is 3.14. The molecule has 3 aromatic rings. The molecule has 0 aromatic carbocycles. The van der Waals surface area contributed by atoms with Crippen LogP contribution in [0.3, 0.4) is 0 Å². The zero-order valence-electron chi connectivity index (χ0n) is 17.8. The van der Waals surface area contributed by atoms with Gasteiger partial charge in [0.25, 0.3) is 12.3 Å². The van der Waals surface area contributed by atoms with Crippen LogP contribution in [0.15, 0.2) is 22.7 Å². The van der Waals surface area contributed by atoms with Crippen molar-refractivity contribution in [2.24, 2.45) is 5.41 Å². The van der Waals surface area contributed by atoms with Crippen molar-refractivity contribution < 1.29 is 22.8 Å². The summed E-state index contributed by atoms with van der Waals surface area (Å²) in [5.41, 5.74) is 3.25. The van der Waals surface area contributed by atoms with Crippen molar-refractivity contribution in [3.8, 4) is 5.88 Å². The molecule has 0 aliphatic rings. The number of fused-ring (bicyclic) bond motifs is 1. The largest absolute Gasteiger partial charge is 0.469 e. The highest BCUT2D eigenvalue weighted by Gasteiger charge is 2.18. The van der Waals surface area contributed by atoms with E-state index in [1.807, 2.05) is 51.3 Å². The van der Waals surface area contributed by atoms with Crippen LogP contribution in [0.4, 0.5) is 14.6 Å². The summed E-state index contributed by atoms with van der Waals surface area (Å²) in [6, 6.07) is 5.36. The summed E-state index contributed by atoms with van der Waals surface area (Å²) in [6.07, 6.45) is -2.18. The number of amides is 1. The Kier molecular flexibility index (Phi) is 6.09. The van der Waals surface area contributed by atoms with Crippen LogP contribution in [0.25, 0.3) is 11.0 Å². The lowest BCUT2D eigenvalue weighted by atomic mass is 9.92. The number of nitrogens with one attached hydrogen (secondary N) is 1. The first-order chi connectivity index (χ1) is 14.0. The third-order valence-corrected chi connectivity index (χ3v) is 4.44. The summed E-state index contributed by atoms with van der Waals surface area (Å²) in [5, 5.41) is 6.56. The smallest absolute Gasteiger partial charge is 0.272 e. The van der Waals surface area contributed by atoms with Gasteiger partial charge in [0.15, 0.2) is 12.4 Å². The van der Waals surface area contributed by atoms with Crippen LogP contribution in [0.5, 0.6) is 5.88 Å². The van der Waals surface area contributed by atoms with Gasteiger partial charge in [0, 0.05) is 18.2 Å². The molecule has 0 saturated heterocycles. The quantitative estimate of drug-likeness (QED) is 0.599. The van der Waals surface area contributed by atoms with E-state index in [9.17, 15) is 13.6 Å². The highest BCUT2D eigenvalue weighted by Crippen LogP contribution is 2.26.